The van der Waals surface area contributed by atoms with Gasteiger partial charge in [0.25, 0.3) is 11.8 Å². The number of rotatable bonds is 4. The number of likely N-dealkylation sites (N-methyl/N-ethyl adjacent to an activating group) is 1. The summed E-state index contributed by atoms with van der Waals surface area (Å²) in [6.45, 7) is 6.42. The van der Waals surface area contributed by atoms with Gasteiger partial charge in [0.05, 0.1) is 16.8 Å². The third-order valence-corrected chi connectivity index (χ3v) is 6.25. The molecule has 31 heavy (non-hydrogen) atoms. The fourth-order valence-electron chi connectivity index (χ4n) is 4.46. The highest BCUT2D eigenvalue weighted by Gasteiger charge is 2.38. The largest absolute Gasteiger partial charge is 0.325 e. The first-order valence-electron chi connectivity index (χ1n) is 11.0. The number of anilines is 1. The van der Waals surface area contributed by atoms with Crippen LogP contribution in [0, 0.1) is 5.41 Å². The fourth-order valence-corrected chi connectivity index (χ4v) is 4.46. The molecule has 6 nitrogen and oxygen atoms in total. The minimum atomic E-state index is -0.599. The third kappa shape index (κ3) is 3.74. The minimum absolute atomic E-state index is 0.160. The predicted octanol–water partition coefficient (Wildman–Crippen LogP) is 3.86. The van der Waals surface area contributed by atoms with Crippen molar-refractivity contribution < 1.29 is 14.4 Å². The van der Waals surface area contributed by atoms with E-state index in [9.17, 15) is 14.4 Å². The van der Waals surface area contributed by atoms with Gasteiger partial charge in [-0.2, -0.15) is 0 Å². The monoisotopic (exact) mass is 421 g/mol. The summed E-state index contributed by atoms with van der Waals surface area (Å²) in [6, 6.07) is 5.85. The number of fused-ring (bicyclic) bond motifs is 2. The Hall–Kier alpha value is -2.73. The highest BCUT2D eigenvalue weighted by Crippen LogP contribution is 2.40. The number of nitrogens with zero attached hydrogens (tertiary/aromatic N) is 2. The number of benzene rings is 2. The lowest BCUT2D eigenvalue weighted by Gasteiger charge is -2.32. The number of amides is 3. The Balaban J connectivity index is 1.95. The van der Waals surface area contributed by atoms with Crippen LogP contribution in [0.2, 0.25) is 0 Å². The average Bonchev–Trinajstić information content (AvgIpc) is 2.70. The Labute approximate surface area is 183 Å². The summed E-state index contributed by atoms with van der Waals surface area (Å²) in [5, 5.41) is 4.55. The van der Waals surface area contributed by atoms with E-state index < -0.39 is 5.41 Å². The van der Waals surface area contributed by atoms with E-state index >= 15 is 0 Å². The van der Waals surface area contributed by atoms with Gasteiger partial charge in [0.15, 0.2) is 0 Å². The molecule has 1 aliphatic heterocycles. The normalized spacial score (nSPS) is 16.1. The van der Waals surface area contributed by atoms with E-state index in [0.717, 1.165) is 36.6 Å². The molecule has 164 valence electrons. The van der Waals surface area contributed by atoms with E-state index in [-0.39, 0.29) is 17.7 Å². The van der Waals surface area contributed by atoms with Crippen molar-refractivity contribution in [1.82, 2.24) is 9.80 Å². The average molecular weight is 422 g/mol. The summed E-state index contributed by atoms with van der Waals surface area (Å²) in [6.07, 6.45) is 3.96. The van der Waals surface area contributed by atoms with E-state index in [1.165, 1.54) is 10.5 Å². The lowest BCUT2D eigenvalue weighted by molar-refractivity contribution is -0.123. The maximum absolute atomic E-state index is 13.6. The summed E-state index contributed by atoms with van der Waals surface area (Å²) in [7, 11) is 3.84. The van der Waals surface area contributed by atoms with Gasteiger partial charge in [-0.1, -0.05) is 32.9 Å². The second kappa shape index (κ2) is 7.75. The molecule has 0 spiro atoms. The summed E-state index contributed by atoms with van der Waals surface area (Å²) < 4.78 is 0. The molecule has 6 heteroatoms. The smallest absolute Gasteiger partial charge is 0.263 e. The highest BCUT2D eigenvalue weighted by molar-refractivity contribution is 6.29. The Morgan fingerprint density at radius 3 is 2.42 bits per heavy atom. The summed E-state index contributed by atoms with van der Waals surface area (Å²) in [5.74, 6) is -0.695. The number of carbonyl (C=O) groups excluding carboxylic acids is 3. The van der Waals surface area contributed by atoms with Gasteiger partial charge in [0.1, 0.15) is 0 Å². The van der Waals surface area contributed by atoms with Gasteiger partial charge < -0.3 is 10.2 Å². The summed E-state index contributed by atoms with van der Waals surface area (Å²) in [5.41, 5.74) is 3.27. The second-order valence-electron chi connectivity index (χ2n) is 9.95. The summed E-state index contributed by atoms with van der Waals surface area (Å²) in [4.78, 5) is 43.2. The first-order chi connectivity index (χ1) is 14.6. The van der Waals surface area contributed by atoms with Crippen LogP contribution >= 0.6 is 0 Å². The molecule has 0 fully saturated rings. The molecule has 0 aromatic heterocycles. The molecule has 4 rings (SSSR count). The molecule has 2 aromatic rings. The van der Waals surface area contributed by atoms with Crippen LogP contribution in [-0.2, 0) is 17.6 Å². The number of hydrogen-bond donors (Lipinski definition) is 1. The zero-order valence-electron chi connectivity index (χ0n) is 19.1. The fraction of sp³-hybridized carbons (Fsp3) is 0.480. The van der Waals surface area contributed by atoms with Gasteiger partial charge in [-0.15, -0.1) is 0 Å². The molecule has 0 radical (unpaired) electrons. The molecule has 1 N–H and O–H groups in total. The van der Waals surface area contributed by atoms with Crippen LogP contribution in [0.1, 0.15) is 65.5 Å². The Morgan fingerprint density at radius 2 is 1.74 bits per heavy atom. The molecule has 0 atom stereocenters. The number of aryl methyl sites for hydroxylation is 1. The molecule has 0 unspecified atom stereocenters. The van der Waals surface area contributed by atoms with Crippen molar-refractivity contribution >= 4 is 34.2 Å². The molecule has 3 amide bonds. The Morgan fingerprint density at radius 1 is 1.06 bits per heavy atom. The molecule has 2 aromatic carbocycles. The number of carbonyl (C=O) groups is 3. The van der Waals surface area contributed by atoms with E-state index in [2.05, 4.69) is 11.4 Å². The summed E-state index contributed by atoms with van der Waals surface area (Å²) >= 11 is 0. The van der Waals surface area contributed by atoms with E-state index in [1.807, 2.05) is 45.8 Å². The zero-order valence-corrected chi connectivity index (χ0v) is 19.1. The molecular weight excluding hydrogens is 390 g/mol. The molecule has 1 heterocycles. The number of nitrogens with one attached hydrogen (secondary N) is 1. The van der Waals surface area contributed by atoms with Crippen molar-refractivity contribution in [2.24, 2.45) is 5.41 Å². The molecule has 0 saturated heterocycles. The van der Waals surface area contributed by atoms with Gasteiger partial charge in [0.2, 0.25) is 5.91 Å². The molecule has 0 bridgehead atoms. The van der Waals surface area contributed by atoms with Gasteiger partial charge in [-0.3, -0.25) is 19.3 Å². The van der Waals surface area contributed by atoms with Gasteiger partial charge in [0, 0.05) is 23.9 Å². The Kier molecular flexibility index (Phi) is 5.38. The van der Waals surface area contributed by atoms with Crippen LogP contribution in [0.15, 0.2) is 18.2 Å². The molecule has 0 saturated carbocycles. The minimum Gasteiger partial charge on any atom is -0.325 e. The maximum atomic E-state index is 13.6. The third-order valence-electron chi connectivity index (χ3n) is 6.25. The van der Waals surface area contributed by atoms with Crippen molar-refractivity contribution in [3.8, 4) is 0 Å². The lowest BCUT2D eigenvalue weighted by Crippen LogP contribution is -2.45. The van der Waals surface area contributed by atoms with Crippen molar-refractivity contribution in [3.05, 3.63) is 40.5 Å². The first-order valence-corrected chi connectivity index (χ1v) is 11.0. The number of hydrogen-bond acceptors (Lipinski definition) is 4. The van der Waals surface area contributed by atoms with E-state index in [0.29, 0.717) is 35.3 Å². The topological polar surface area (TPSA) is 69.7 Å². The predicted molar refractivity (Wildman–Crippen MR) is 123 cm³/mol. The van der Waals surface area contributed by atoms with Gasteiger partial charge in [-0.25, -0.2) is 0 Å². The van der Waals surface area contributed by atoms with E-state index in [1.54, 1.807) is 6.07 Å². The molecule has 1 aliphatic carbocycles. The maximum Gasteiger partial charge on any atom is 0.263 e. The quantitative estimate of drug-likeness (QED) is 0.761. The van der Waals surface area contributed by atoms with Crippen molar-refractivity contribution in [3.63, 3.8) is 0 Å². The molecular formula is C25H31N3O3. The first kappa shape index (κ1) is 21.5. The zero-order chi connectivity index (χ0) is 22.5. The van der Waals surface area contributed by atoms with Crippen LogP contribution in [0.3, 0.4) is 0 Å². The Bertz CT molecular complexity index is 1100. The lowest BCUT2D eigenvalue weighted by atomic mass is 9.81. The number of imide groups is 1. The molecule has 2 aliphatic rings. The van der Waals surface area contributed by atoms with Crippen LogP contribution in [-0.4, -0.2) is 54.7 Å². The second-order valence-corrected chi connectivity index (χ2v) is 9.95. The van der Waals surface area contributed by atoms with E-state index in [4.69, 9.17) is 0 Å². The van der Waals surface area contributed by atoms with Gasteiger partial charge in [-0.05, 0) is 62.4 Å². The van der Waals surface area contributed by atoms with Crippen molar-refractivity contribution in [1.29, 1.82) is 0 Å². The highest BCUT2D eigenvalue weighted by atomic mass is 16.2. The standard InChI is InChI=1S/C25H31N3O3/c1-25(2,3)24(31)26-18-11-10-16-14-15-8-6-7-9-17(15)20-19(16)21(18)23(30)28(22(20)29)13-12-27(4)5/h10-11,14H,6-9,12-13H2,1-5H3,(H,26,31). The van der Waals surface area contributed by atoms with Crippen LogP contribution in [0.4, 0.5) is 5.69 Å². The van der Waals surface area contributed by atoms with Crippen LogP contribution in [0.25, 0.3) is 10.8 Å². The van der Waals surface area contributed by atoms with Crippen molar-refractivity contribution in [2.45, 2.75) is 46.5 Å². The van der Waals surface area contributed by atoms with Crippen LogP contribution in [0.5, 0.6) is 0 Å². The SMILES string of the molecule is CN(C)CCN1C(=O)c2c(NC(=O)C(C)(C)C)ccc3cc4c(c(c23)C1=O)CCCC4. The van der Waals surface area contributed by atoms with Gasteiger partial charge >= 0.3 is 0 Å². The van der Waals surface area contributed by atoms with Crippen LogP contribution < -0.4 is 5.32 Å². The van der Waals surface area contributed by atoms with Crippen molar-refractivity contribution in [2.75, 3.05) is 32.5 Å².